The fraction of sp³-hybridized carbons (Fsp3) is 0.125. The maximum atomic E-state index is 12.4. The Morgan fingerprint density at radius 3 is 2.52 bits per heavy atom. The number of anilines is 1. The van der Waals surface area contributed by atoms with Crippen molar-refractivity contribution in [2.24, 2.45) is 0 Å². The molecule has 1 amide bonds. The van der Waals surface area contributed by atoms with Crippen molar-refractivity contribution in [3.05, 3.63) is 86.4 Å². The minimum Gasteiger partial charge on any atom is -0.490 e. The van der Waals surface area contributed by atoms with E-state index in [1.54, 1.807) is 24.3 Å². The number of halogens is 3. The number of hydrogen-bond acceptors (Lipinski definition) is 3. The van der Waals surface area contributed by atoms with Crippen LogP contribution in [0.5, 0.6) is 11.5 Å². The average molecular weight is 475 g/mol. The quantitative estimate of drug-likeness (QED) is 0.387. The van der Waals surface area contributed by atoms with E-state index >= 15 is 0 Å². The standard InChI is InChI=1S/C24H18Cl3NO3/c1-2-30-23-11-14(9-18-17-6-5-16(25)12-21(17)28-24(18)29)4-8-22(23)31-13-15-3-7-19(26)20(27)10-15/h3-12H,2,13H2,1H3,(H,28,29)/b18-9+. The summed E-state index contributed by atoms with van der Waals surface area (Å²) in [7, 11) is 0. The lowest BCUT2D eigenvalue weighted by Gasteiger charge is -2.13. The molecule has 4 rings (SSSR count). The van der Waals surface area contributed by atoms with Crippen molar-refractivity contribution in [2.75, 3.05) is 11.9 Å². The maximum absolute atomic E-state index is 12.4. The summed E-state index contributed by atoms with van der Waals surface area (Å²) in [5.74, 6) is 1.01. The molecule has 0 saturated carbocycles. The predicted molar refractivity (Wildman–Crippen MR) is 126 cm³/mol. The van der Waals surface area contributed by atoms with Crippen molar-refractivity contribution in [1.29, 1.82) is 0 Å². The highest BCUT2D eigenvalue weighted by Gasteiger charge is 2.24. The van der Waals surface area contributed by atoms with Crippen molar-refractivity contribution in [1.82, 2.24) is 0 Å². The van der Waals surface area contributed by atoms with E-state index in [2.05, 4.69) is 5.32 Å². The molecule has 0 aliphatic carbocycles. The van der Waals surface area contributed by atoms with Gasteiger partial charge in [-0.05, 0) is 60.5 Å². The lowest BCUT2D eigenvalue weighted by molar-refractivity contribution is -0.110. The zero-order valence-electron chi connectivity index (χ0n) is 16.5. The third kappa shape index (κ3) is 4.82. The number of hydrogen-bond donors (Lipinski definition) is 1. The van der Waals surface area contributed by atoms with E-state index in [0.717, 1.165) is 16.7 Å². The van der Waals surface area contributed by atoms with Crippen LogP contribution in [0.4, 0.5) is 5.69 Å². The van der Waals surface area contributed by atoms with Gasteiger partial charge >= 0.3 is 0 Å². The number of ether oxygens (including phenoxy) is 2. The summed E-state index contributed by atoms with van der Waals surface area (Å²) < 4.78 is 11.7. The fourth-order valence-corrected chi connectivity index (χ4v) is 3.76. The molecule has 0 fully saturated rings. The van der Waals surface area contributed by atoms with E-state index in [9.17, 15) is 4.79 Å². The number of carbonyl (C=O) groups excluding carboxylic acids is 1. The molecule has 0 unspecified atom stereocenters. The SMILES string of the molecule is CCOc1cc(/C=C2/C(=O)Nc3cc(Cl)ccc32)ccc1OCc1ccc(Cl)c(Cl)c1. The van der Waals surface area contributed by atoms with Crippen molar-refractivity contribution in [3.63, 3.8) is 0 Å². The Kier molecular flexibility index (Phi) is 6.42. The molecule has 1 aliphatic heterocycles. The van der Waals surface area contributed by atoms with Gasteiger partial charge in [-0.15, -0.1) is 0 Å². The normalized spacial score (nSPS) is 13.8. The zero-order valence-corrected chi connectivity index (χ0v) is 18.8. The van der Waals surface area contributed by atoms with E-state index in [-0.39, 0.29) is 5.91 Å². The Bertz CT molecular complexity index is 1190. The molecule has 0 aromatic heterocycles. The highest BCUT2D eigenvalue weighted by atomic mass is 35.5. The van der Waals surface area contributed by atoms with Crippen molar-refractivity contribution in [3.8, 4) is 11.5 Å². The van der Waals surface area contributed by atoms with Crippen molar-refractivity contribution >= 4 is 58.0 Å². The fourth-order valence-electron chi connectivity index (χ4n) is 3.27. The van der Waals surface area contributed by atoms with Crippen LogP contribution in [-0.2, 0) is 11.4 Å². The summed E-state index contributed by atoms with van der Waals surface area (Å²) in [6, 6.07) is 16.2. The molecular formula is C24H18Cl3NO3. The predicted octanol–water partition coefficient (Wildman–Crippen LogP) is 7.12. The Hall–Kier alpha value is -2.66. The van der Waals surface area contributed by atoms with Gasteiger partial charge in [-0.1, -0.05) is 53.0 Å². The first-order valence-corrected chi connectivity index (χ1v) is 10.7. The van der Waals surface area contributed by atoms with Crippen molar-refractivity contribution < 1.29 is 14.3 Å². The molecule has 1 aliphatic rings. The molecule has 7 heteroatoms. The van der Waals surface area contributed by atoms with Gasteiger partial charge in [0.15, 0.2) is 11.5 Å². The molecule has 0 spiro atoms. The molecule has 1 heterocycles. The van der Waals surface area contributed by atoms with Crippen LogP contribution in [0, 0.1) is 0 Å². The van der Waals surface area contributed by atoms with Crippen LogP contribution in [0.3, 0.4) is 0 Å². The van der Waals surface area contributed by atoms with E-state index in [1.807, 2.05) is 43.3 Å². The summed E-state index contributed by atoms with van der Waals surface area (Å²) in [5, 5.41) is 4.39. The van der Waals surface area contributed by atoms with Crippen LogP contribution < -0.4 is 14.8 Å². The van der Waals surface area contributed by atoms with Gasteiger partial charge in [-0.2, -0.15) is 0 Å². The molecule has 31 heavy (non-hydrogen) atoms. The lowest BCUT2D eigenvalue weighted by atomic mass is 10.0. The highest BCUT2D eigenvalue weighted by Crippen LogP contribution is 2.36. The van der Waals surface area contributed by atoms with Crippen LogP contribution in [0.1, 0.15) is 23.6 Å². The summed E-state index contributed by atoms with van der Waals surface area (Å²) in [4.78, 5) is 12.4. The Morgan fingerprint density at radius 2 is 1.74 bits per heavy atom. The largest absolute Gasteiger partial charge is 0.490 e. The van der Waals surface area contributed by atoms with Gasteiger partial charge in [-0.3, -0.25) is 4.79 Å². The summed E-state index contributed by atoms with van der Waals surface area (Å²) in [5.41, 5.74) is 3.79. The molecule has 0 atom stereocenters. The number of benzene rings is 3. The number of fused-ring (bicyclic) bond motifs is 1. The third-order valence-corrected chi connectivity index (χ3v) is 5.70. The minimum absolute atomic E-state index is 0.171. The van der Waals surface area contributed by atoms with Gasteiger partial charge in [0.25, 0.3) is 5.91 Å². The maximum Gasteiger partial charge on any atom is 0.256 e. The molecule has 0 saturated heterocycles. The van der Waals surface area contributed by atoms with Crippen LogP contribution in [0.15, 0.2) is 54.6 Å². The summed E-state index contributed by atoms with van der Waals surface area (Å²) >= 11 is 18.1. The van der Waals surface area contributed by atoms with E-state index in [1.165, 1.54) is 0 Å². The number of carbonyl (C=O) groups is 1. The van der Waals surface area contributed by atoms with E-state index in [0.29, 0.717) is 51.0 Å². The van der Waals surface area contributed by atoms with Crippen LogP contribution in [0.25, 0.3) is 11.6 Å². The number of amides is 1. The average Bonchev–Trinajstić information content (AvgIpc) is 3.04. The first kappa shape index (κ1) is 21.6. The molecule has 1 N–H and O–H groups in total. The van der Waals surface area contributed by atoms with Gasteiger partial charge in [0.1, 0.15) is 6.61 Å². The van der Waals surface area contributed by atoms with E-state index in [4.69, 9.17) is 44.3 Å². The van der Waals surface area contributed by atoms with Crippen molar-refractivity contribution in [2.45, 2.75) is 13.5 Å². The van der Waals surface area contributed by atoms with E-state index < -0.39 is 0 Å². The van der Waals surface area contributed by atoms with Gasteiger partial charge in [0.05, 0.1) is 22.3 Å². The Morgan fingerprint density at radius 1 is 0.903 bits per heavy atom. The monoisotopic (exact) mass is 473 g/mol. The Balaban J connectivity index is 1.59. The van der Waals surface area contributed by atoms with Crippen LogP contribution >= 0.6 is 34.8 Å². The second kappa shape index (κ2) is 9.23. The first-order valence-electron chi connectivity index (χ1n) is 9.61. The highest BCUT2D eigenvalue weighted by molar-refractivity contribution is 6.42. The van der Waals surface area contributed by atoms with Gasteiger partial charge in [0, 0.05) is 16.2 Å². The molecule has 0 radical (unpaired) electrons. The minimum atomic E-state index is -0.171. The van der Waals surface area contributed by atoms with Gasteiger partial charge < -0.3 is 14.8 Å². The van der Waals surface area contributed by atoms with Crippen LogP contribution in [0.2, 0.25) is 15.1 Å². The molecule has 158 valence electrons. The summed E-state index contributed by atoms with van der Waals surface area (Å²) in [6.07, 6.45) is 1.82. The molecule has 4 nitrogen and oxygen atoms in total. The van der Waals surface area contributed by atoms with Gasteiger partial charge in [0.2, 0.25) is 0 Å². The third-order valence-electron chi connectivity index (χ3n) is 4.72. The smallest absolute Gasteiger partial charge is 0.256 e. The lowest BCUT2D eigenvalue weighted by Crippen LogP contribution is -2.03. The molecule has 3 aromatic carbocycles. The molecule has 3 aromatic rings. The second-order valence-electron chi connectivity index (χ2n) is 6.88. The van der Waals surface area contributed by atoms with Crippen LogP contribution in [-0.4, -0.2) is 12.5 Å². The molecule has 0 bridgehead atoms. The second-order valence-corrected chi connectivity index (χ2v) is 8.13. The first-order chi connectivity index (χ1) is 14.9. The number of rotatable bonds is 6. The zero-order chi connectivity index (χ0) is 22.0. The number of nitrogens with one attached hydrogen (secondary N) is 1. The topological polar surface area (TPSA) is 47.6 Å². The Labute approximate surface area is 195 Å². The summed E-state index contributed by atoms with van der Waals surface area (Å²) in [6.45, 7) is 2.69. The molecular weight excluding hydrogens is 457 g/mol. The van der Waals surface area contributed by atoms with Gasteiger partial charge in [-0.25, -0.2) is 0 Å².